The summed E-state index contributed by atoms with van der Waals surface area (Å²) in [6.07, 6.45) is 5.92. The zero-order valence-electron chi connectivity index (χ0n) is 17.4. The molecule has 0 bridgehead atoms. The summed E-state index contributed by atoms with van der Waals surface area (Å²) in [7, 11) is 2.04. The van der Waals surface area contributed by atoms with Crippen LogP contribution in [0.5, 0.6) is 0 Å². The van der Waals surface area contributed by atoms with Gasteiger partial charge in [0, 0.05) is 68.3 Å². The van der Waals surface area contributed by atoms with Gasteiger partial charge in [-0.15, -0.1) is 0 Å². The fourth-order valence-electron chi connectivity index (χ4n) is 4.68. The third kappa shape index (κ3) is 3.28. The Bertz CT molecular complexity index is 1110. The monoisotopic (exact) mass is 405 g/mol. The average Bonchev–Trinajstić information content (AvgIpc) is 3.49. The highest BCUT2D eigenvalue weighted by molar-refractivity contribution is 5.98. The van der Waals surface area contributed by atoms with Crippen LogP contribution in [0.25, 0.3) is 22.2 Å². The van der Waals surface area contributed by atoms with Gasteiger partial charge in [0.25, 0.3) is 0 Å². The summed E-state index contributed by atoms with van der Waals surface area (Å²) in [5.74, 6) is 1.16. The number of amides is 2. The van der Waals surface area contributed by atoms with Gasteiger partial charge in [-0.3, -0.25) is 14.5 Å². The maximum Gasteiger partial charge on any atom is 0.229 e. The lowest BCUT2D eigenvalue weighted by atomic mass is 10.1. The van der Waals surface area contributed by atoms with E-state index >= 15 is 0 Å². The zero-order chi connectivity index (χ0) is 20.7. The minimum Gasteiger partial charge on any atom is -0.350 e. The van der Waals surface area contributed by atoms with Crippen molar-refractivity contribution >= 4 is 28.5 Å². The normalized spacial score (nSPS) is 16.5. The van der Waals surface area contributed by atoms with Crippen LogP contribution in [0.15, 0.2) is 36.5 Å². The fraction of sp³-hybridized carbons (Fsp3) is 0.435. The number of carbonyl (C=O) groups is 2. The van der Waals surface area contributed by atoms with E-state index in [0.717, 1.165) is 53.9 Å². The Balaban J connectivity index is 1.37. The lowest BCUT2D eigenvalue weighted by Crippen LogP contribution is -2.38. The van der Waals surface area contributed by atoms with E-state index in [0.29, 0.717) is 32.4 Å². The molecule has 0 N–H and O–H groups in total. The molecule has 3 aromatic rings. The maximum absolute atomic E-state index is 12.6. The molecule has 7 nitrogen and oxygen atoms in total. The van der Waals surface area contributed by atoms with E-state index in [1.807, 2.05) is 39.7 Å². The first-order valence-electron chi connectivity index (χ1n) is 10.8. The number of fused-ring (bicyclic) bond motifs is 2. The van der Waals surface area contributed by atoms with Gasteiger partial charge in [-0.25, -0.2) is 4.68 Å². The van der Waals surface area contributed by atoms with E-state index in [4.69, 9.17) is 5.10 Å². The van der Waals surface area contributed by atoms with Crippen LogP contribution in [0, 0.1) is 0 Å². The summed E-state index contributed by atoms with van der Waals surface area (Å²) in [5, 5.41) is 5.97. The third-order valence-electron chi connectivity index (χ3n) is 6.28. The smallest absolute Gasteiger partial charge is 0.229 e. The van der Waals surface area contributed by atoms with E-state index in [1.54, 1.807) is 0 Å². The lowest BCUT2D eigenvalue weighted by Gasteiger charge is -2.27. The van der Waals surface area contributed by atoms with E-state index in [2.05, 4.69) is 22.9 Å². The first kappa shape index (κ1) is 18.9. The molecule has 1 saturated heterocycles. The number of hydrogen-bond donors (Lipinski definition) is 0. The topological polar surface area (TPSA) is 63.4 Å². The second-order valence-electron chi connectivity index (χ2n) is 8.27. The lowest BCUT2D eigenvalue weighted by molar-refractivity contribution is -0.130. The van der Waals surface area contributed by atoms with Crippen LogP contribution in [0.3, 0.4) is 0 Å². The highest BCUT2D eigenvalue weighted by Gasteiger charge is 2.27. The molecule has 2 aliphatic heterocycles. The summed E-state index contributed by atoms with van der Waals surface area (Å²) >= 11 is 0. The van der Waals surface area contributed by atoms with Crippen LogP contribution < -0.4 is 4.90 Å². The third-order valence-corrected chi connectivity index (χ3v) is 6.28. The molecule has 7 heteroatoms. The molecule has 1 aromatic carbocycles. The van der Waals surface area contributed by atoms with E-state index < -0.39 is 0 Å². The van der Waals surface area contributed by atoms with Gasteiger partial charge >= 0.3 is 0 Å². The molecule has 30 heavy (non-hydrogen) atoms. The predicted octanol–water partition coefficient (Wildman–Crippen LogP) is 3.18. The molecule has 1 fully saturated rings. The Morgan fingerprint density at radius 2 is 1.93 bits per heavy atom. The number of aromatic nitrogens is 3. The summed E-state index contributed by atoms with van der Waals surface area (Å²) in [4.78, 5) is 28.7. The summed E-state index contributed by atoms with van der Waals surface area (Å²) < 4.78 is 4.04. The van der Waals surface area contributed by atoms with E-state index in [1.165, 1.54) is 0 Å². The van der Waals surface area contributed by atoms with Crippen molar-refractivity contribution < 1.29 is 9.59 Å². The largest absolute Gasteiger partial charge is 0.350 e. The van der Waals surface area contributed by atoms with Crippen molar-refractivity contribution in [3.63, 3.8) is 0 Å². The van der Waals surface area contributed by atoms with Gasteiger partial charge in [-0.1, -0.05) is 18.2 Å². The average molecular weight is 406 g/mol. The second-order valence-corrected chi connectivity index (χ2v) is 8.27. The molecule has 0 atom stereocenters. The minimum atomic E-state index is 0.112. The van der Waals surface area contributed by atoms with Gasteiger partial charge in [0.2, 0.25) is 11.8 Å². The van der Waals surface area contributed by atoms with Crippen molar-refractivity contribution in [3.05, 3.63) is 36.5 Å². The van der Waals surface area contributed by atoms with Crippen molar-refractivity contribution in [2.75, 3.05) is 24.5 Å². The molecule has 2 aliphatic rings. The van der Waals surface area contributed by atoms with E-state index in [-0.39, 0.29) is 11.8 Å². The van der Waals surface area contributed by atoms with Crippen LogP contribution in [0.1, 0.15) is 32.1 Å². The Hall–Kier alpha value is -3.09. The van der Waals surface area contributed by atoms with Crippen LogP contribution >= 0.6 is 0 Å². The van der Waals surface area contributed by atoms with Crippen molar-refractivity contribution in [2.45, 2.75) is 38.6 Å². The molecule has 0 aliphatic carbocycles. The van der Waals surface area contributed by atoms with Gasteiger partial charge in [0.15, 0.2) is 0 Å². The maximum atomic E-state index is 12.6. The van der Waals surface area contributed by atoms with Gasteiger partial charge in [-0.05, 0) is 25.3 Å². The van der Waals surface area contributed by atoms with Crippen molar-refractivity contribution in [3.8, 4) is 11.3 Å². The number of likely N-dealkylation sites (tertiary alicyclic amines) is 1. The molecular weight excluding hydrogens is 378 g/mol. The highest BCUT2D eigenvalue weighted by atomic mass is 16.2. The Labute approximate surface area is 175 Å². The molecule has 0 unspecified atom stereocenters. The molecule has 0 spiro atoms. The van der Waals surface area contributed by atoms with Gasteiger partial charge in [0.1, 0.15) is 5.82 Å². The SMILES string of the molecule is Cn1cc(-c2cc3n(n2)CCC(=O)N3CCCC(=O)N2CCCC2)c2ccccc21. The number of nitrogens with zero attached hydrogens (tertiary/aromatic N) is 5. The number of benzene rings is 1. The number of hydrogen-bond acceptors (Lipinski definition) is 3. The Morgan fingerprint density at radius 1 is 1.13 bits per heavy atom. The fourth-order valence-corrected chi connectivity index (χ4v) is 4.68. The molecule has 4 heterocycles. The number of aryl methyl sites for hydroxylation is 2. The molecular formula is C23H27N5O2. The Kier molecular flexibility index (Phi) is 4.81. The first-order valence-corrected chi connectivity index (χ1v) is 10.8. The summed E-state index contributed by atoms with van der Waals surface area (Å²) in [6, 6.07) is 10.3. The standard InChI is InChI=1S/C23H27N5O2/c1-25-16-18(17-7-2-3-8-20(17)25)19-15-21-27(23(30)10-14-28(21)24-19)13-6-9-22(29)26-11-4-5-12-26/h2-3,7-8,15-16H,4-6,9-14H2,1H3. The molecule has 2 amide bonds. The highest BCUT2D eigenvalue weighted by Crippen LogP contribution is 2.33. The van der Waals surface area contributed by atoms with Crippen LogP contribution in [-0.4, -0.2) is 50.7 Å². The quantitative estimate of drug-likeness (QED) is 0.655. The number of carbonyl (C=O) groups excluding carboxylic acids is 2. The van der Waals surface area contributed by atoms with Gasteiger partial charge in [0.05, 0.1) is 12.2 Å². The van der Waals surface area contributed by atoms with Crippen molar-refractivity contribution in [1.29, 1.82) is 0 Å². The predicted molar refractivity (Wildman–Crippen MR) is 116 cm³/mol. The minimum absolute atomic E-state index is 0.112. The van der Waals surface area contributed by atoms with Crippen LogP contribution in [0.2, 0.25) is 0 Å². The first-order chi connectivity index (χ1) is 14.6. The van der Waals surface area contributed by atoms with Crippen LogP contribution in [-0.2, 0) is 23.2 Å². The van der Waals surface area contributed by atoms with Crippen molar-refractivity contribution in [2.24, 2.45) is 7.05 Å². The molecule has 156 valence electrons. The number of para-hydroxylation sites is 1. The molecule has 2 aromatic heterocycles. The van der Waals surface area contributed by atoms with E-state index in [9.17, 15) is 9.59 Å². The molecule has 0 saturated carbocycles. The number of anilines is 1. The summed E-state index contributed by atoms with van der Waals surface area (Å²) in [6.45, 7) is 2.91. The second kappa shape index (κ2) is 7.63. The molecule has 0 radical (unpaired) electrons. The van der Waals surface area contributed by atoms with Crippen molar-refractivity contribution in [1.82, 2.24) is 19.2 Å². The Morgan fingerprint density at radius 3 is 2.77 bits per heavy atom. The summed E-state index contributed by atoms with van der Waals surface area (Å²) in [5.41, 5.74) is 3.12. The van der Waals surface area contributed by atoms with Gasteiger partial charge in [-0.2, -0.15) is 5.10 Å². The zero-order valence-corrected chi connectivity index (χ0v) is 17.4. The number of rotatable bonds is 5. The molecule has 5 rings (SSSR count). The van der Waals surface area contributed by atoms with Gasteiger partial charge < -0.3 is 9.47 Å². The van der Waals surface area contributed by atoms with Crippen LogP contribution in [0.4, 0.5) is 5.82 Å².